The number of benzene rings is 2. The van der Waals surface area contributed by atoms with E-state index in [9.17, 15) is 0 Å². The fourth-order valence-corrected chi connectivity index (χ4v) is 2.78. The average Bonchev–Trinajstić information content (AvgIpc) is 2.70. The average molecular weight is 366 g/mol. The van der Waals surface area contributed by atoms with Gasteiger partial charge in [0.15, 0.2) is 0 Å². The van der Waals surface area contributed by atoms with Gasteiger partial charge in [-0.15, -0.1) is 0 Å². The van der Waals surface area contributed by atoms with E-state index >= 15 is 0 Å². The van der Waals surface area contributed by atoms with Crippen LogP contribution < -0.4 is 0 Å². The van der Waals surface area contributed by atoms with Gasteiger partial charge in [0, 0.05) is 11.1 Å². The summed E-state index contributed by atoms with van der Waals surface area (Å²) in [6, 6.07) is 21.3. The molecule has 0 radical (unpaired) electrons. The van der Waals surface area contributed by atoms with Gasteiger partial charge in [-0.25, -0.2) is 0 Å². The summed E-state index contributed by atoms with van der Waals surface area (Å²) in [6.07, 6.45) is 9.45. The highest BCUT2D eigenvalue weighted by Crippen LogP contribution is 2.05. The Bertz CT molecular complexity index is 593. The lowest BCUT2D eigenvalue weighted by molar-refractivity contribution is 1.36. The summed E-state index contributed by atoms with van der Waals surface area (Å²) in [7, 11) is 0. The fourth-order valence-electron chi connectivity index (χ4n) is 1.73. The standard InChI is InChI=1S/C14H14S.C7H10.C4H8/c1-3-7-13(8-4-1)11-15-12-14-9-5-2-6-10-14;1-4-6-7(3)5-2;1-3-4-2/h1-10H,11-12H2;4-6H,1-2H2,3H3;3-4H,1-2H3/p+1/b;7-6-;4-3-. The summed E-state index contributed by atoms with van der Waals surface area (Å²) >= 11 is 1.47. The Morgan fingerprint density at radius 3 is 1.50 bits per heavy atom. The van der Waals surface area contributed by atoms with Crippen molar-refractivity contribution in [1.29, 1.82) is 0 Å². The quantitative estimate of drug-likeness (QED) is 0.222. The lowest BCUT2D eigenvalue weighted by Crippen LogP contribution is -1.91. The number of rotatable bonds is 6. The molecule has 0 nitrogen and oxygen atoms in total. The molecule has 0 heterocycles. The SMILES string of the molecule is C/C=C\C.C=C/C=C(/C)C=C.c1ccc(C[SH+]Cc2ccccc2)cc1. The summed E-state index contributed by atoms with van der Waals surface area (Å²) in [6.45, 7) is 13.1. The van der Waals surface area contributed by atoms with Crippen molar-refractivity contribution in [2.24, 2.45) is 0 Å². The molecule has 138 valence electrons. The number of hydrogen-bond donors (Lipinski definition) is 0. The monoisotopic (exact) mass is 365 g/mol. The minimum atomic E-state index is 1.15. The Labute approximate surface area is 165 Å². The van der Waals surface area contributed by atoms with Crippen LogP contribution in [0.5, 0.6) is 0 Å². The third-order valence-corrected chi connectivity index (χ3v) is 4.49. The Balaban J connectivity index is 0.000000477. The first-order valence-electron chi connectivity index (χ1n) is 8.88. The van der Waals surface area contributed by atoms with Gasteiger partial charge in [-0.05, 0) is 32.5 Å². The zero-order valence-electron chi connectivity index (χ0n) is 16.4. The number of hydrogen-bond acceptors (Lipinski definition) is 0. The molecule has 2 aromatic carbocycles. The second kappa shape index (κ2) is 17.6. The highest BCUT2D eigenvalue weighted by Gasteiger charge is 2.00. The van der Waals surface area contributed by atoms with E-state index in [1.807, 2.05) is 39.0 Å². The molecule has 0 unspecified atom stereocenters. The van der Waals surface area contributed by atoms with E-state index in [1.165, 1.54) is 22.9 Å². The van der Waals surface area contributed by atoms with E-state index in [4.69, 9.17) is 0 Å². The first-order valence-corrected chi connectivity index (χ1v) is 10.1. The topological polar surface area (TPSA) is 0 Å². The van der Waals surface area contributed by atoms with Crippen molar-refractivity contribution < 1.29 is 0 Å². The zero-order valence-corrected chi connectivity index (χ0v) is 17.3. The molecule has 0 saturated carbocycles. The van der Waals surface area contributed by atoms with Gasteiger partial charge in [-0.2, -0.15) is 0 Å². The molecular weight excluding hydrogens is 332 g/mol. The molecular formula is C25H33S+. The van der Waals surface area contributed by atoms with Crippen LogP contribution in [0.1, 0.15) is 31.9 Å². The Morgan fingerprint density at radius 1 is 0.808 bits per heavy atom. The van der Waals surface area contributed by atoms with Gasteiger partial charge in [0.1, 0.15) is 11.5 Å². The predicted octanol–water partition coefficient (Wildman–Crippen LogP) is 7.09. The molecule has 0 amide bonds. The van der Waals surface area contributed by atoms with E-state index in [0.29, 0.717) is 0 Å². The van der Waals surface area contributed by atoms with Gasteiger partial charge in [0.2, 0.25) is 0 Å². The molecule has 1 heteroatoms. The van der Waals surface area contributed by atoms with Gasteiger partial charge in [0.05, 0.1) is 0 Å². The molecule has 0 spiro atoms. The van der Waals surface area contributed by atoms with E-state index < -0.39 is 0 Å². The van der Waals surface area contributed by atoms with Crippen LogP contribution in [0.25, 0.3) is 0 Å². The zero-order chi connectivity index (χ0) is 19.5. The second-order valence-corrected chi connectivity index (χ2v) is 6.61. The molecule has 0 bridgehead atoms. The summed E-state index contributed by atoms with van der Waals surface area (Å²) in [5.41, 5.74) is 4.00. The van der Waals surface area contributed by atoms with Crippen molar-refractivity contribution >= 4 is 11.8 Å². The van der Waals surface area contributed by atoms with Crippen molar-refractivity contribution in [1.82, 2.24) is 0 Å². The van der Waals surface area contributed by atoms with E-state index in [-0.39, 0.29) is 0 Å². The molecule has 0 aliphatic heterocycles. The molecule has 0 aliphatic carbocycles. The second-order valence-electron chi connectivity index (χ2n) is 5.53. The predicted molar refractivity (Wildman–Crippen MR) is 124 cm³/mol. The lowest BCUT2D eigenvalue weighted by atomic mass is 10.2. The highest BCUT2D eigenvalue weighted by molar-refractivity contribution is 7.76. The lowest BCUT2D eigenvalue weighted by Gasteiger charge is -1.95. The molecule has 0 saturated heterocycles. The maximum Gasteiger partial charge on any atom is 0.131 e. The first kappa shape index (κ1) is 23.8. The summed E-state index contributed by atoms with van der Waals surface area (Å²) in [5, 5.41) is 0. The highest BCUT2D eigenvalue weighted by atomic mass is 32.2. The Hall–Kier alpha value is -2.25. The van der Waals surface area contributed by atoms with Crippen LogP contribution in [-0.2, 0) is 23.3 Å². The minimum absolute atomic E-state index is 1.15. The van der Waals surface area contributed by atoms with Crippen molar-refractivity contribution in [3.63, 3.8) is 0 Å². The van der Waals surface area contributed by atoms with Gasteiger partial charge in [-0.1, -0.05) is 110 Å². The van der Waals surface area contributed by atoms with Gasteiger partial charge >= 0.3 is 0 Å². The van der Waals surface area contributed by atoms with Crippen molar-refractivity contribution in [3.8, 4) is 0 Å². The maximum absolute atomic E-state index is 3.56. The van der Waals surface area contributed by atoms with Gasteiger partial charge in [-0.3, -0.25) is 0 Å². The van der Waals surface area contributed by atoms with Crippen LogP contribution in [-0.4, -0.2) is 0 Å². The molecule has 26 heavy (non-hydrogen) atoms. The largest absolute Gasteiger partial charge is 0.131 e. The molecule has 0 atom stereocenters. The van der Waals surface area contributed by atoms with Crippen LogP contribution in [0, 0.1) is 0 Å². The van der Waals surface area contributed by atoms with E-state index in [0.717, 1.165) is 17.1 Å². The number of thiol groups is 1. The van der Waals surface area contributed by atoms with Gasteiger partial charge in [0.25, 0.3) is 0 Å². The molecule has 0 N–H and O–H groups in total. The van der Waals surface area contributed by atoms with Crippen LogP contribution in [0.4, 0.5) is 0 Å². The molecule has 0 aromatic heterocycles. The third-order valence-electron chi connectivity index (χ3n) is 3.31. The molecule has 0 fully saturated rings. The molecule has 2 rings (SSSR count). The van der Waals surface area contributed by atoms with Gasteiger partial charge < -0.3 is 0 Å². The van der Waals surface area contributed by atoms with Crippen LogP contribution in [0.3, 0.4) is 0 Å². The summed E-state index contributed by atoms with van der Waals surface area (Å²) < 4.78 is 0. The molecule has 0 aliphatic rings. The van der Waals surface area contributed by atoms with Crippen molar-refractivity contribution in [3.05, 3.63) is 121 Å². The van der Waals surface area contributed by atoms with Crippen LogP contribution in [0.2, 0.25) is 0 Å². The van der Waals surface area contributed by atoms with E-state index in [1.54, 1.807) is 12.2 Å². The molecule has 2 aromatic rings. The van der Waals surface area contributed by atoms with E-state index in [2.05, 4.69) is 73.8 Å². The van der Waals surface area contributed by atoms with Crippen molar-refractivity contribution in [2.75, 3.05) is 0 Å². The first-order chi connectivity index (χ1) is 12.7. The Morgan fingerprint density at radius 2 is 1.23 bits per heavy atom. The third kappa shape index (κ3) is 14.1. The smallest absolute Gasteiger partial charge is 0.0991 e. The fraction of sp³-hybridized carbons (Fsp3) is 0.200. The summed E-state index contributed by atoms with van der Waals surface area (Å²) in [4.78, 5) is 0. The van der Waals surface area contributed by atoms with Crippen molar-refractivity contribution in [2.45, 2.75) is 32.3 Å². The normalized spacial score (nSPS) is 10.2. The minimum Gasteiger partial charge on any atom is -0.0991 e. The van der Waals surface area contributed by atoms with Crippen LogP contribution >= 0.6 is 0 Å². The Kier molecular flexibility index (Phi) is 16.0. The van der Waals surface area contributed by atoms with Crippen LogP contribution in [0.15, 0.2) is 110 Å². The maximum atomic E-state index is 3.56. The number of allylic oxidation sites excluding steroid dienone is 6. The summed E-state index contributed by atoms with van der Waals surface area (Å²) in [5.74, 6) is 2.30.